The topological polar surface area (TPSA) is 30.2 Å². The lowest BCUT2D eigenvalue weighted by molar-refractivity contribution is -0.137. The molecule has 0 radical (unpaired) electrons. The van der Waals surface area contributed by atoms with Crippen LogP contribution in [0, 0.1) is 0 Å². The Morgan fingerprint density at radius 3 is 2.60 bits per heavy atom. The lowest BCUT2D eigenvalue weighted by Crippen LogP contribution is -2.06. The Morgan fingerprint density at radius 1 is 1.10 bits per heavy atom. The second kappa shape index (κ2) is 4.59. The number of hydrogen-bond acceptors (Lipinski definition) is 2. The molecule has 0 saturated carbocycles. The van der Waals surface area contributed by atoms with Crippen LogP contribution in [-0.2, 0) is 6.18 Å². The molecule has 0 aliphatic rings. The van der Waals surface area contributed by atoms with Gasteiger partial charge in [0.2, 0.25) is 5.78 Å². The Labute approximate surface area is 120 Å². The van der Waals surface area contributed by atoms with Crippen molar-refractivity contribution in [1.82, 2.24) is 14.4 Å². The fourth-order valence-corrected chi connectivity index (χ4v) is 2.27. The highest BCUT2D eigenvalue weighted by atomic mass is 79.9. The molecule has 3 nitrogen and oxygen atoms in total. The molecule has 0 spiro atoms. The van der Waals surface area contributed by atoms with Gasteiger partial charge >= 0.3 is 6.18 Å². The number of rotatable bonds is 1. The van der Waals surface area contributed by atoms with Gasteiger partial charge in [-0.15, -0.1) is 0 Å². The first kappa shape index (κ1) is 13.1. The molecule has 0 aliphatic heterocycles. The van der Waals surface area contributed by atoms with Gasteiger partial charge in [-0.25, -0.2) is 9.97 Å². The van der Waals surface area contributed by atoms with Crippen molar-refractivity contribution in [2.45, 2.75) is 6.18 Å². The van der Waals surface area contributed by atoms with Crippen LogP contribution in [0.5, 0.6) is 0 Å². The summed E-state index contributed by atoms with van der Waals surface area (Å²) in [6, 6.07) is 5.36. The first-order chi connectivity index (χ1) is 9.45. The summed E-state index contributed by atoms with van der Waals surface area (Å²) in [6.07, 6.45) is 0.342. The largest absolute Gasteiger partial charge is 0.417 e. The van der Waals surface area contributed by atoms with E-state index in [0.29, 0.717) is 5.78 Å². The first-order valence-corrected chi connectivity index (χ1v) is 6.41. The molecule has 0 aliphatic carbocycles. The summed E-state index contributed by atoms with van der Waals surface area (Å²) in [7, 11) is 0. The fraction of sp³-hybridized carbons (Fsp3) is 0.0769. The van der Waals surface area contributed by atoms with E-state index in [2.05, 4.69) is 25.9 Å². The third-order valence-electron chi connectivity index (χ3n) is 2.79. The Kier molecular flexibility index (Phi) is 3.01. The molecule has 0 saturated heterocycles. The number of nitrogens with zero attached hydrogens (tertiary/aromatic N) is 3. The highest BCUT2D eigenvalue weighted by molar-refractivity contribution is 9.10. The predicted molar refractivity (Wildman–Crippen MR) is 71.1 cm³/mol. The summed E-state index contributed by atoms with van der Waals surface area (Å²) in [6.45, 7) is 0. The summed E-state index contributed by atoms with van der Waals surface area (Å²) >= 11 is 3.25. The molecule has 2 heterocycles. The van der Waals surface area contributed by atoms with E-state index >= 15 is 0 Å². The van der Waals surface area contributed by atoms with E-state index in [1.807, 2.05) is 0 Å². The molecule has 1 aromatic carbocycles. The van der Waals surface area contributed by atoms with Crippen LogP contribution in [0.4, 0.5) is 13.2 Å². The van der Waals surface area contributed by atoms with Gasteiger partial charge in [-0.05, 0) is 22.0 Å². The van der Waals surface area contributed by atoms with Crippen LogP contribution in [0.25, 0.3) is 17.0 Å². The van der Waals surface area contributed by atoms with Crippen LogP contribution in [0.3, 0.4) is 0 Å². The van der Waals surface area contributed by atoms with Gasteiger partial charge in [0.1, 0.15) is 0 Å². The van der Waals surface area contributed by atoms with E-state index in [9.17, 15) is 13.2 Å². The van der Waals surface area contributed by atoms with Crippen LogP contribution < -0.4 is 0 Å². The molecule has 0 unspecified atom stereocenters. The number of alkyl halides is 3. The smallest absolute Gasteiger partial charge is 0.289 e. The van der Waals surface area contributed by atoms with Gasteiger partial charge in [0.15, 0.2) is 0 Å². The van der Waals surface area contributed by atoms with Gasteiger partial charge in [0.25, 0.3) is 0 Å². The quantitative estimate of drug-likeness (QED) is 0.664. The van der Waals surface area contributed by atoms with Crippen molar-refractivity contribution in [2.24, 2.45) is 0 Å². The molecule has 20 heavy (non-hydrogen) atoms. The van der Waals surface area contributed by atoms with E-state index in [-0.39, 0.29) is 11.3 Å². The van der Waals surface area contributed by atoms with Crippen LogP contribution in [0.1, 0.15) is 5.56 Å². The summed E-state index contributed by atoms with van der Waals surface area (Å²) in [5.74, 6) is 0.347. The monoisotopic (exact) mass is 341 g/mol. The second-order valence-electron chi connectivity index (χ2n) is 4.15. The zero-order chi connectivity index (χ0) is 14.3. The van der Waals surface area contributed by atoms with Crippen LogP contribution in [0.2, 0.25) is 0 Å². The van der Waals surface area contributed by atoms with Crippen molar-refractivity contribution < 1.29 is 13.2 Å². The third-order valence-corrected chi connectivity index (χ3v) is 3.20. The summed E-state index contributed by atoms with van der Waals surface area (Å²) in [5.41, 5.74) is -0.424. The molecule has 0 amide bonds. The van der Waals surface area contributed by atoms with Gasteiger partial charge < -0.3 is 0 Å². The molecular weight excluding hydrogens is 335 g/mol. The third kappa shape index (κ3) is 2.29. The molecule has 2 aromatic heterocycles. The Balaban J connectivity index is 2.21. The molecule has 0 bridgehead atoms. The molecule has 0 atom stereocenters. The van der Waals surface area contributed by atoms with Gasteiger partial charge in [0.05, 0.1) is 15.7 Å². The average molecular weight is 342 g/mol. The number of fused-ring (bicyclic) bond motifs is 1. The van der Waals surface area contributed by atoms with Gasteiger partial charge in [-0.1, -0.05) is 18.2 Å². The number of benzene rings is 1. The fourth-order valence-electron chi connectivity index (χ4n) is 1.94. The minimum Gasteiger partial charge on any atom is -0.289 e. The Hall–Kier alpha value is -1.89. The molecule has 3 rings (SSSR count). The summed E-state index contributed by atoms with van der Waals surface area (Å²) in [4.78, 5) is 8.17. The standard InChI is InChI=1S/C13H7BrF3N3/c14-8-5-18-12-19-11(7-20(12)6-8)9-3-1-2-4-10(9)13(15,16)17/h1-7H. The maximum Gasteiger partial charge on any atom is 0.417 e. The maximum absolute atomic E-state index is 13.0. The Morgan fingerprint density at radius 2 is 1.85 bits per heavy atom. The molecule has 0 N–H and O–H groups in total. The zero-order valence-corrected chi connectivity index (χ0v) is 11.5. The lowest BCUT2D eigenvalue weighted by atomic mass is 10.1. The zero-order valence-electron chi connectivity index (χ0n) is 9.89. The van der Waals surface area contributed by atoms with Crippen molar-refractivity contribution >= 4 is 21.7 Å². The van der Waals surface area contributed by atoms with E-state index in [0.717, 1.165) is 10.5 Å². The highest BCUT2D eigenvalue weighted by Gasteiger charge is 2.33. The number of imidazole rings is 1. The van der Waals surface area contributed by atoms with Gasteiger partial charge in [-0.3, -0.25) is 4.40 Å². The van der Waals surface area contributed by atoms with Crippen molar-refractivity contribution in [1.29, 1.82) is 0 Å². The van der Waals surface area contributed by atoms with Crippen molar-refractivity contribution in [3.63, 3.8) is 0 Å². The number of halogens is 4. The summed E-state index contributed by atoms with van der Waals surface area (Å²) < 4.78 is 41.3. The first-order valence-electron chi connectivity index (χ1n) is 5.62. The van der Waals surface area contributed by atoms with Crippen molar-refractivity contribution in [3.05, 3.63) is 52.9 Å². The highest BCUT2D eigenvalue weighted by Crippen LogP contribution is 2.36. The van der Waals surface area contributed by atoms with Gasteiger partial charge in [0, 0.05) is 24.2 Å². The molecule has 102 valence electrons. The van der Waals surface area contributed by atoms with Gasteiger partial charge in [-0.2, -0.15) is 13.2 Å². The van der Waals surface area contributed by atoms with Crippen molar-refractivity contribution in [3.8, 4) is 11.3 Å². The van der Waals surface area contributed by atoms with E-state index in [4.69, 9.17) is 0 Å². The average Bonchev–Trinajstić information content (AvgIpc) is 2.80. The van der Waals surface area contributed by atoms with Crippen molar-refractivity contribution in [2.75, 3.05) is 0 Å². The minimum atomic E-state index is -4.42. The lowest BCUT2D eigenvalue weighted by Gasteiger charge is -2.10. The van der Waals surface area contributed by atoms with Crippen LogP contribution >= 0.6 is 15.9 Å². The molecular formula is C13H7BrF3N3. The normalized spacial score (nSPS) is 12.0. The number of hydrogen-bond donors (Lipinski definition) is 0. The van der Waals surface area contributed by atoms with Crippen LogP contribution in [-0.4, -0.2) is 14.4 Å². The predicted octanol–water partition coefficient (Wildman–Crippen LogP) is 4.18. The van der Waals surface area contributed by atoms with E-state index in [1.54, 1.807) is 22.9 Å². The number of aromatic nitrogens is 3. The minimum absolute atomic E-state index is 0.0432. The SMILES string of the molecule is FC(F)(F)c1ccccc1-c1cn2cc(Br)cnc2n1. The second-order valence-corrected chi connectivity index (χ2v) is 5.06. The summed E-state index contributed by atoms with van der Waals surface area (Å²) in [5, 5.41) is 0. The van der Waals surface area contributed by atoms with E-state index < -0.39 is 11.7 Å². The molecule has 3 aromatic rings. The Bertz CT molecular complexity index is 780. The van der Waals surface area contributed by atoms with E-state index in [1.165, 1.54) is 18.3 Å². The molecule has 7 heteroatoms. The van der Waals surface area contributed by atoms with Crippen LogP contribution in [0.15, 0.2) is 47.3 Å². The molecule has 0 fully saturated rings. The maximum atomic E-state index is 13.0.